The molecule has 0 saturated carbocycles. The van der Waals surface area contributed by atoms with Crippen molar-refractivity contribution in [2.75, 3.05) is 33.4 Å². The highest BCUT2D eigenvalue weighted by atomic mass is 32.2. The smallest absolute Gasteiger partial charge is 0.248 e. The van der Waals surface area contributed by atoms with Crippen molar-refractivity contribution < 1.29 is 26.9 Å². The fourth-order valence-electron chi connectivity index (χ4n) is 3.63. The Morgan fingerprint density at radius 1 is 1.31 bits per heavy atom. The van der Waals surface area contributed by atoms with Gasteiger partial charge < -0.3 is 14.6 Å². The summed E-state index contributed by atoms with van der Waals surface area (Å²) in [6.07, 6.45) is 4.45. The summed E-state index contributed by atoms with van der Waals surface area (Å²) >= 11 is 0. The normalized spacial score (nSPS) is 16.0. The fourth-order valence-corrected chi connectivity index (χ4v) is 5.35. The zero-order valence-corrected chi connectivity index (χ0v) is 19.0. The van der Waals surface area contributed by atoms with Gasteiger partial charge in [0.1, 0.15) is 11.5 Å². The molecule has 10 heteroatoms. The van der Waals surface area contributed by atoms with Crippen LogP contribution in [0.4, 0.5) is 4.39 Å². The minimum atomic E-state index is -3.88. The maximum atomic E-state index is 13.9. The van der Waals surface area contributed by atoms with E-state index in [0.29, 0.717) is 31.6 Å². The van der Waals surface area contributed by atoms with Crippen molar-refractivity contribution in [2.45, 2.75) is 31.1 Å². The highest BCUT2D eigenvalue weighted by Gasteiger charge is 2.35. The Balaban J connectivity index is 1.68. The lowest BCUT2D eigenvalue weighted by molar-refractivity contribution is -0.126. The Kier molecular flexibility index (Phi) is 8.16. The molecule has 32 heavy (non-hydrogen) atoms. The van der Waals surface area contributed by atoms with Crippen LogP contribution in [0, 0.1) is 18.7 Å². The van der Waals surface area contributed by atoms with E-state index in [1.165, 1.54) is 22.5 Å². The molecule has 1 aliphatic rings. The van der Waals surface area contributed by atoms with E-state index >= 15 is 0 Å². The highest BCUT2D eigenvalue weighted by molar-refractivity contribution is 7.89. The summed E-state index contributed by atoms with van der Waals surface area (Å²) in [7, 11) is -2.28. The number of rotatable bonds is 9. The molecule has 174 valence electrons. The molecule has 1 saturated heterocycles. The third kappa shape index (κ3) is 5.62. The molecule has 1 aromatic carbocycles. The number of methoxy groups -OCH3 is 1. The van der Waals surface area contributed by atoms with E-state index < -0.39 is 15.8 Å². The molecule has 1 fully saturated rings. The number of nitrogens with zero attached hydrogens (tertiary/aromatic N) is 2. The number of ether oxygens (including phenoxy) is 1. The van der Waals surface area contributed by atoms with Crippen LogP contribution in [0.25, 0.3) is 12.2 Å². The van der Waals surface area contributed by atoms with Crippen LogP contribution in [0.3, 0.4) is 0 Å². The number of amides is 1. The van der Waals surface area contributed by atoms with Gasteiger partial charge >= 0.3 is 0 Å². The van der Waals surface area contributed by atoms with E-state index in [1.807, 2.05) is 0 Å². The standard InChI is InChI=1S/C22H28FN3O5S/c1-16-21(20(31-25-16)9-8-17-6-3-4-7-19(17)23)32(28,29)26-13-10-18(11-14-26)22(27)24-12-5-15-30-2/h3-4,6-9,18H,5,10-15H2,1-2H3,(H,24,27)/b9-8+. The van der Waals surface area contributed by atoms with E-state index in [2.05, 4.69) is 10.5 Å². The second-order valence-electron chi connectivity index (χ2n) is 7.63. The van der Waals surface area contributed by atoms with Gasteiger partial charge in [0.15, 0.2) is 10.7 Å². The van der Waals surface area contributed by atoms with Gasteiger partial charge in [0, 0.05) is 44.8 Å². The predicted molar refractivity (Wildman–Crippen MR) is 118 cm³/mol. The van der Waals surface area contributed by atoms with Crippen LogP contribution >= 0.6 is 0 Å². The molecule has 1 aliphatic heterocycles. The molecular formula is C22H28FN3O5S. The van der Waals surface area contributed by atoms with Crippen molar-refractivity contribution >= 4 is 28.1 Å². The second-order valence-corrected chi connectivity index (χ2v) is 9.51. The van der Waals surface area contributed by atoms with Crippen molar-refractivity contribution in [2.24, 2.45) is 5.92 Å². The van der Waals surface area contributed by atoms with Gasteiger partial charge in [-0.3, -0.25) is 4.79 Å². The topological polar surface area (TPSA) is 102 Å². The third-order valence-electron chi connectivity index (χ3n) is 5.40. The van der Waals surface area contributed by atoms with E-state index in [9.17, 15) is 17.6 Å². The molecule has 2 heterocycles. The molecule has 0 aliphatic carbocycles. The Morgan fingerprint density at radius 2 is 2.03 bits per heavy atom. The molecule has 8 nitrogen and oxygen atoms in total. The van der Waals surface area contributed by atoms with Crippen LogP contribution in [-0.4, -0.2) is 57.1 Å². The first-order valence-corrected chi connectivity index (χ1v) is 11.9. The van der Waals surface area contributed by atoms with Crippen LogP contribution in [0.15, 0.2) is 33.7 Å². The van der Waals surface area contributed by atoms with Crippen molar-refractivity contribution in [3.63, 3.8) is 0 Å². The summed E-state index contributed by atoms with van der Waals surface area (Å²) in [5, 5.41) is 6.68. The maximum Gasteiger partial charge on any atom is 0.248 e. The molecule has 1 amide bonds. The predicted octanol–water partition coefficient (Wildman–Crippen LogP) is 2.85. The van der Waals surface area contributed by atoms with Gasteiger partial charge in [-0.15, -0.1) is 0 Å². The fraction of sp³-hybridized carbons (Fsp3) is 0.455. The Labute approximate surface area is 187 Å². The van der Waals surface area contributed by atoms with E-state index in [4.69, 9.17) is 9.26 Å². The van der Waals surface area contributed by atoms with Gasteiger partial charge in [-0.25, -0.2) is 12.8 Å². The van der Waals surface area contributed by atoms with E-state index in [1.54, 1.807) is 32.2 Å². The molecule has 1 aromatic heterocycles. The molecule has 2 aromatic rings. The summed E-state index contributed by atoms with van der Waals surface area (Å²) in [6.45, 7) is 3.10. The molecule has 3 rings (SSSR count). The summed E-state index contributed by atoms with van der Waals surface area (Å²) < 4.78 is 52.0. The molecule has 0 atom stereocenters. The summed E-state index contributed by atoms with van der Waals surface area (Å²) in [4.78, 5) is 12.3. The van der Waals surface area contributed by atoms with Crippen LogP contribution in [-0.2, 0) is 19.6 Å². The van der Waals surface area contributed by atoms with E-state index in [-0.39, 0.29) is 41.3 Å². The number of carbonyl (C=O) groups excluding carboxylic acids is 1. The SMILES string of the molecule is COCCCNC(=O)C1CCN(S(=O)(=O)c2c(C)noc2/C=C/c2ccccc2F)CC1. The van der Waals surface area contributed by atoms with Gasteiger partial charge in [-0.1, -0.05) is 23.4 Å². The molecule has 0 spiro atoms. The minimum Gasteiger partial charge on any atom is -0.385 e. The minimum absolute atomic E-state index is 0.0347. The van der Waals surface area contributed by atoms with Crippen LogP contribution < -0.4 is 5.32 Å². The molecule has 0 unspecified atom stereocenters. The monoisotopic (exact) mass is 465 g/mol. The number of hydrogen-bond donors (Lipinski definition) is 1. The van der Waals surface area contributed by atoms with Crippen LogP contribution in [0.5, 0.6) is 0 Å². The number of carbonyl (C=O) groups is 1. The second kappa shape index (κ2) is 10.8. The molecule has 1 N–H and O–H groups in total. The number of benzene rings is 1. The average Bonchev–Trinajstić information content (AvgIpc) is 3.17. The average molecular weight is 466 g/mol. The first kappa shape index (κ1) is 24.1. The van der Waals surface area contributed by atoms with Crippen molar-refractivity contribution in [3.05, 3.63) is 47.1 Å². The molecule has 0 radical (unpaired) electrons. The van der Waals surface area contributed by atoms with Crippen LogP contribution in [0.2, 0.25) is 0 Å². The third-order valence-corrected chi connectivity index (χ3v) is 7.46. The molecular weight excluding hydrogens is 437 g/mol. The summed E-state index contributed by atoms with van der Waals surface area (Å²) in [5.74, 6) is -0.670. The highest BCUT2D eigenvalue weighted by Crippen LogP contribution is 2.29. The zero-order valence-electron chi connectivity index (χ0n) is 18.2. The van der Waals surface area contributed by atoms with Gasteiger partial charge in [0.05, 0.1) is 0 Å². The Morgan fingerprint density at radius 3 is 2.72 bits per heavy atom. The number of halogens is 1. The number of aryl methyl sites for hydroxylation is 1. The first-order chi connectivity index (χ1) is 15.3. The number of nitrogens with one attached hydrogen (secondary N) is 1. The number of hydrogen-bond acceptors (Lipinski definition) is 6. The van der Waals surface area contributed by atoms with Crippen molar-refractivity contribution in [1.82, 2.24) is 14.8 Å². The summed E-state index contributed by atoms with van der Waals surface area (Å²) in [5.41, 5.74) is 0.540. The van der Waals surface area contributed by atoms with Gasteiger partial charge in [-0.2, -0.15) is 4.31 Å². The summed E-state index contributed by atoms with van der Waals surface area (Å²) in [6, 6.07) is 6.16. The number of sulfonamides is 1. The largest absolute Gasteiger partial charge is 0.385 e. The first-order valence-electron chi connectivity index (χ1n) is 10.5. The van der Waals surface area contributed by atoms with Gasteiger partial charge in [-0.05, 0) is 44.4 Å². The lowest BCUT2D eigenvalue weighted by Gasteiger charge is -2.30. The lowest BCUT2D eigenvalue weighted by Crippen LogP contribution is -2.43. The van der Waals surface area contributed by atoms with Crippen LogP contribution in [0.1, 0.15) is 36.3 Å². The Bertz CT molecular complexity index is 1060. The lowest BCUT2D eigenvalue weighted by atomic mass is 9.97. The van der Waals surface area contributed by atoms with Crippen molar-refractivity contribution in [3.8, 4) is 0 Å². The van der Waals surface area contributed by atoms with Gasteiger partial charge in [0.25, 0.3) is 0 Å². The maximum absolute atomic E-state index is 13.9. The van der Waals surface area contributed by atoms with Crippen molar-refractivity contribution in [1.29, 1.82) is 0 Å². The van der Waals surface area contributed by atoms with E-state index in [0.717, 1.165) is 6.42 Å². The number of aromatic nitrogens is 1. The quantitative estimate of drug-likeness (QED) is 0.572. The molecule has 0 bridgehead atoms. The zero-order chi connectivity index (χ0) is 23.1. The van der Waals surface area contributed by atoms with Gasteiger partial charge in [0.2, 0.25) is 15.9 Å². The number of piperidine rings is 1. The Hall–Kier alpha value is -2.56.